The Hall–Kier alpha value is -0.930. The van der Waals surface area contributed by atoms with Crippen molar-refractivity contribution in [3.05, 3.63) is 56.7 Å². The van der Waals surface area contributed by atoms with Gasteiger partial charge in [0.1, 0.15) is 0 Å². The summed E-state index contributed by atoms with van der Waals surface area (Å²) in [4.78, 5) is 11.8. The zero-order chi connectivity index (χ0) is 10.7. The van der Waals surface area contributed by atoms with Gasteiger partial charge >= 0.3 is 0 Å². The fraction of sp³-hybridized carbons (Fsp3) is 0.0833. The van der Waals surface area contributed by atoms with Gasteiger partial charge in [-0.3, -0.25) is 4.79 Å². The van der Waals surface area contributed by atoms with E-state index in [2.05, 4.69) is 15.9 Å². The molecular weight excluding hydrogens is 272 g/mol. The number of thiophene rings is 1. The van der Waals surface area contributed by atoms with Crippen molar-refractivity contribution in [3.8, 4) is 0 Å². The normalized spacial score (nSPS) is 10.2. The fourth-order valence-corrected chi connectivity index (χ4v) is 2.50. The van der Waals surface area contributed by atoms with E-state index in [9.17, 15) is 4.79 Å². The Morgan fingerprint density at radius 3 is 2.60 bits per heavy atom. The van der Waals surface area contributed by atoms with Crippen LogP contribution in [0.2, 0.25) is 0 Å². The molecule has 76 valence electrons. The van der Waals surface area contributed by atoms with Gasteiger partial charge in [-0.1, -0.05) is 30.3 Å². The molecule has 0 saturated carbocycles. The van der Waals surface area contributed by atoms with E-state index in [4.69, 9.17) is 0 Å². The SMILES string of the molecule is O=C(Cc1ccccc1)c1csc(Br)c1. The summed E-state index contributed by atoms with van der Waals surface area (Å²) < 4.78 is 0.999. The number of carbonyl (C=O) groups excluding carboxylic acids is 1. The third kappa shape index (κ3) is 2.76. The lowest BCUT2D eigenvalue weighted by molar-refractivity contribution is 0.0993. The Kier molecular flexibility index (Phi) is 3.34. The van der Waals surface area contributed by atoms with E-state index in [1.54, 1.807) is 0 Å². The van der Waals surface area contributed by atoms with Crippen molar-refractivity contribution in [1.82, 2.24) is 0 Å². The highest BCUT2D eigenvalue weighted by molar-refractivity contribution is 9.11. The molecule has 3 heteroatoms. The van der Waals surface area contributed by atoms with Crippen molar-refractivity contribution in [1.29, 1.82) is 0 Å². The van der Waals surface area contributed by atoms with Crippen LogP contribution in [0.5, 0.6) is 0 Å². The predicted octanol–water partition coefficient (Wildman–Crippen LogP) is 3.94. The highest BCUT2D eigenvalue weighted by Crippen LogP contribution is 2.21. The van der Waals surface area contributed by atoms with Crippen LogP contribution in [-0.2, 0) is 6.42 Å². The summed E-state index contributed by atoms with van der Waals surface area (Å²) >= 11 is 4.89. The zero-order valence-corrected chi connectivity index (χ0v) is 10.3. The molecule has 2 aromatic rings. The van der Waals surface area contributed by atoms with Crippen LogP contribution in [0.15, 0.2) is 45.6 Å². The van der Waals surface area contributed by atoms with E-state index in [1.807, 2.05) is 41.8 Å². The van der Waals surface area contributed by atoms with E-state index >= 15 is 0 Å². The molecule has 1 aromatic heterocycles. The Labute approximate surface area is 101 Å². The monoisotopic (exact) mass is 280 g/mol. The smallest absolute Gasteiger partial charge is 0.168 e. The first-order chi connectivity index (χ1) is 7.25. The van der Waals surface area contributed by atoms with Gasteiger partial charge < -0.3 is 0 Å². The molecule has 0 saturated heterocycles. The number of ketones is 1. The summed E-state index contributed by atoms with van der Waals surface area (Å²) in [7, 11) is 0. The topological polar surface area (TPSA) is 17.1 Å². The summed E-state index contributed by atoms with van der Waals surface area (Å²) in [6.45, 7) is 0. The molecule has 0 amide bonds. The van der Waals surface area contributed by atoms with E-state index in [1.165, 1.54) is 11.3 Å². The van der Waals surface area contributed by atoms with Crippen molar-refractivity contribution < 1.29 is 4.79 Å². The van der Waals surface area contributed by atoms with Crippen molar-refractivity contribution in [2.24, 2.45) is 0 Å². The lowest BCUT2D eigenvalue weighted by Gasteiger charge is -1.98. The number of hydrogen-bond donors (Lipinski definition) is 0. The molecule has 0 unspecified atom stereocenters. The molecule has 0 spiro atoms. The molecule has 0 aliphatic rings. The molecule has 0 aliphatic heterocycles. The van der Waals surface area contributed by atoms with Gasteiger partial charge in [0.05, 0.1) is 3.79 Å². The van der Waals surface area contributed by atoms with Crippen LogP contribution >= 0.6 is 27.3 Å². The van der Waals surface area contributed by atoms with Gasteiger partial charge in [0, 0.05) is 17.4 Å². The third-order valence-electron chi connectivity index (χ3n) is 2.10. The fourth-order valence-electron chi connectivity index (χ4n) is 1.34. The van der Waals surface area contributed by atoms with Crippen LogP contribution < -0.4 is 0 Å². The summed E-state index contributed by atoms with van der Waals surface area (Å²) in [5, 5.41) is 1.88. The number of halogens is 1. The minimum absolute atomic E-state index is 0.170. The van der Waals surface area contributed by atoms with E-state index < -0.39 is 0 Å². The van der Waals surface area contributed by atoms with Gasteiger partial charge in [-0.05, 0) is 27.6 Å². The number of carbonyl (C=O) groups is 1. The van der Waals surface area contributed by atoms with Crippen LogP contribution in [0.1, 0.15) is 15.9 Å². The molecule has 0 bridgehead atoms. The molecule has 0 radical (unpaired) electrons. The van der Waals surface area contributed by atoms with Crippen LogP contribution in [0.4, 0.5) is 0 Å². The second kappa shape index (κ2) is 4.73. The van der Waals surface area contributed by atoms with Gasteiger partial charge in [-0.25, -0.2) is 0 Å². The first-order valence-corrected chi connectivity index (χ1v) is 6.24. The van der Waals surface area contributed by atoms with Gasteiger partial charge in [-0.15, -0.1) is 11.3 Å². The molecule has 0 N–H and O–H groups in total. The van der Waals surface area contributed by atoms with Gasteiger partial charge in [-0.2, -0.15) is 0 Å². The van der Waals surface area contributed by atoms with Gasteiger partial charge in [0.15, 0.2) is 5.78 Å². The van der Waals surface area contributed by atoms with E-state index in [-0.39, 0.29) is 5.78 Å². The first kappa shape index (κ1) is 10.6. The summed E-state index contributed by atoms with van der Waals surface area (Å²) in [5.74, 6) is 0.170. The molecule has 15 heavy (non-hydrogen) atoms. The van der Waals surface area contributed by atoms with Crippen molar-refractivity contribution >= 4 is 33.0 Å². The van der Waals surface area contributed by atoms with Gasteiger partial charge in [0.2, 0.25) is 0 Å². The van der Waals surface area contributed by atoms with Crippen LogP contribution in [0, 0.1) is 0 Å². The van der Waals surface area contributed by atoms with Crippen molar-refractivity contribution in [2.45, 2.75) is 6.42 Å². The third-order valence-corrected chi connectivity index (χ3v) is 3.60. The molecule has 1 heterocycles. The molecule has 0 aliphatic carbocycles. The lowest BCUT2D eigenvalue weighted by Crippen LogP contribution is -2.01. The van der Waals surface area contributed by atoms with Gasteiger partial charge in [0.25, 0.3) is 0 Å². The van der Waals surface area contributed by atoms with Crippen LogP contribution in [0.25, 0.3) is 0 Å². The zero-order valence-electron chi connectivity index (χ0n) is 7.94. The average molecular weight is 281 g/mol. The highest BCUT2D eigenvalue weighted by atomic mass is 79.9. The largest absolute Gasteiger partial charge is 0.294 e. The minimum Gasteiger partial charge on any atom is -0.294 e. The van der Waals surface area contributed by atoms with Crippen LogP contribution in [-0.4, -0.2) is 5.78 Å². The maximum atomic E-state index is 11.8. The Bertz CT molecular complexity index is 461. The molecule has 1 aromatic carbocycles. The summed E-state index contributed by atoms with van der Waals surface area (Å²) in [6.07, 6.45) is 0.476. The number of rotatable bonds is 3. The molecule has 0 fully saturated rings. The summed E-state index contributed by atoms with van der Waals surface area (Å²) in [5.41, 5.74) is 1.85. The first-order valence-electron chi connectivity index (χ1n) is 4.57. The molecular formula is C12H9BrOS. The Morgan fingerprint density at radius 1 is 1.27 bits per heavy atom. The molecule has 2 rings (SSSR count). The second-order valence-electron chi connectivity index (χ2n) is 3.23. The number of hydrogen-bond acceptors (Lipinski definition) is 2. The molecule has 1 nitrogen and oxygen atoms in total. The Morgan fingerprint density at radius 2 is 2.00 bits per heavy atom. The second-order valence-corrected chi connectivity index (χ2v) is 5.52. The average Bonchev–Trinajstić information content (AvgIpc) is 2.66. The number of benzene rings is 1. The van der Waals surface area contributed by atoms with E-state index in [0.29, 0.717) is 6.42 Å². The maximum Gasteiger partial charge on any atom is 0.168 e. The van der Waals surface area contributed by atoms with Crippen molar-refractivity contribution in [2.75, 3.05) is 0 Å². The molecule has 0 atom stereocenters. The standard InChI is InChI=1S/C12H9BrOS/c13-12-7-10(8-15-12)11(14)6-9-4-2-1-3-5-9/h1-5,7-8H,6H2. The highest BCUT2D eigenvalue weighted by Gasteiger charge is 2.08. The minimum atomic E-state index is 0.170. The quantitative estimate of drug-likeness (QED) is 0.779. The van der Waals surface area contributed by atoms with Crippen LogP contribution in [0.3, 0.4) is 0 Å². The maximum absolute atomic E-state index is 11.8. The predicted molar refractivity (Wildman–Crippen MR) is 66.5 cm³/mol. The van der Waals surface area contributed by atoms with Crippen molar-refractivity contribution in [3.63, 3.8) is 0 Å². The Balaban J connectivity index is 2.11. The summed E-state index contributed by atoms with van der Waals surface area (Å²) in [6, 6.07) is 11.7. The lowest BCUT2D eigenvalue weighted by atomic mass is 10.1. The number of Topliss-reactive ketones (excluding diaryl/α,β-unsaturated/α-hetero) is 1. The van der Waals surface area contributed by atoms with E-state index in [0.717, 1.165) is 14.9 Å².